The Morgan fingerprint density at radius 3 is 2.75 bits per heavy atom. The average Bonchev–Trinajstić information content (AvgIpc) is 2.58. The molecular weight excluding hydrogens is 298 g/mol. The third-order valence-electron chi connectivity index (χ3n) is 4.35. The Labute approximate surface area is 144 Å². The van der Waals surface area contributed by atoms with Gasteiger partial charge in [0.2, 0.25) is 5.95 Å². The molecule has 1 aromatic carbocycles. The minimum absolute atomic E-state index is 0.309. The molecule has 0 spiro atoms. The lowest BCUT2D eigenvalue weighted by Crippen LogP contribution is -2.26. The van der Waals surface area contributed by atoms with Crippen LogP contribution in [0.4, 0.5) is 17.5 Å². The second-order valence-electron chi connectivity index (χ2n) is 6.80. The SMILES string of the molecule is Cc1cnc(NC(C)C)nc1Nc1cccc(C2CCNCC2)c1. The largest absolute Gasteiger partial charge is 0.352 e. The van der Waals surface area contributed by atoms with Gasteiger partial charge in [0.25, 0.3) is 0 Å². The lowest BCUT2D eigenvalue weighted by atomic mass is 9.90. The van der Waals surface area contributed by atoms with Gasteiger partial charge in [0, 0.05) is 23.5 Å². The van der Waals surface area contributed by atoms with E-state index in [1.165, 1.54) is 18.4 Å². The second kappa shape index (κ2) is 7.62. The molecule has 0 unspecified atom stereocenters. The van der Waals surface area contributed by atoms with Gasteiger partial charge in [-0.2, -0.15) is 4.98 Å². The van der Waals surface area contributed by atoms with E-state index in [1.54, 1.807) is 0 Å². The molecule has 2 aromatic rings. The van der Waals surface area contributed by atoms with E-state index in [0.717, 1.165) is 30.2 Å². The summed E-state index contributed by atoms with van der Waals surface area (Å²) in [5.41, 5.74) is 3.54. The summed E-state index contributed by atoms with van der Waals surface area (Å²) in [5.74, 6) is 2.17. The number of nitrogens with zero attached hydrogens (tertiary/aromatic N) is 2. The fourth-order valence-electron chi connectivity index (χ4n) is 3.06. The first-order valence-electron chi connectivity index (χ1n) is 8.79. The minimum atomic E-state index is 0.309. The fraction of sp³-hybridized carbons (Fsp3) is 0.474. The van der Waals surface area contributed by atoms with E-state index in [9.17, 15) is 0 Å². The zero-order valence-corrected chi connectivity index (χ0v) is 14.8. The highest BCUT2D eigenvalue weighted by Gasteiger charge is 2.15. The highest BCUT2D eigenvalue weighted by Crippen LogP contribution is 2.28. The van der Waals surface area contributed by atoms with Crippen LogP contribution < -0.4 is 16.0 Å². The van der Waals surface area contributed by atoms with E-state index < -0.39 is 0 Å². The first kappa shape index (κ1) is 16.7. The third kappa shape index (κ3) is 4.23. The molecule has 1 fully saturated rings. The Hall–Kier alpha value is -2.14. The van der Waals surface area contributed by atoms with Crippen molar-refractivity contribution in [3.63, 3.8) is 0 Å². The molecule has 5 heteroatoms. The Morgan fingerprint density at radius 2 is 2.00 bits per heavy atom. The van der Waals surface area contributed by atoms with Crippen LogP contribution in [0, 0.1) is 6.92 Å². The van der Waals surface area contributed by atoms with Crippen molar-refractivity contribution < 1.29 is 0 Å². The van der Waals surface area contributed by atoms with Crippen molar-refractivity contribution in [3.8, 4) is 0 Å². The maximum absolute atomic E-state index is 4.61. The molecule has 1 aliphatic heterocycles. The van der Waals surface area contributed by atoms with Crippen LogP contribution in [0.25, 0.3) is 0 Å². The van der Waals surface area contributed by atoms with Gasteiger partial charge in [-0.05, 0) is 70.3 Å². The summed E-state index contributed by atoms with van der Waals surface area (Å²) in [5, 5.41) is 10.1. The lowest BCUT2D eigenvalue weighted by molar-refractivity contribution is 0.460. The Bertz CT molecular complexity index is 677. The van der Waals surface area contributed by atoms with Gasteiger partial charge in [-0.15, -0.1) is 0 Å². The molecule has 1 aromatic heterocycles. The number of rotatable bonds is 5. The van der Waals surface area contributed by atoms with Crippen LogP contribution >= 0.6 is 0 Å². The molecule has 3 N–H and O–H groups in total. The predicted octanol–water partition coefficient (Wildman–Crippen LogP) is 3.82. The highest BCUT2D eigenvalue weighted by molar-refractivity contribution is 5.61. The quantitative estimate of drug-likeness (QED) is 0.780. The van der Waals surface area contributed by atoms with Gasteiger partial charge < -0.3 is 16.0 Å². The molecule has 3 rings (SSSR count). The van der Waals surface area contributed by atoms with Crippen molar-refractivity contribution in [3.05, 3.63) is 41.6 Å². The zero-order chi connectivity index (χ0) is 16.9. The maximum Gasteiger partial charge on any atom is 0.224 e. The Kier molecular flexibility index (Phi) is 5.30. The monoisotopic (exact) mass is 325 g/mol. The molecule has 24 heavy (non-hydrogen) atoms. The van der Waals surface area contributed by atoms with Crippen LogP contribution in [-0.4, -0.2) is 29.1 Å². The third-order valence-corrected chi connectivity index (χ3v) is 4.35. The van der Waals surface area contributed by atoms with Gasteiger partial charge in [0.15, 0.2) is 0 Å². The van der Waals surface area contributed by atoms with Crippen molar-refractivity contribution in [2.75, 3.05) is 23.7 Å². The van der Waals surface area contributed by atoms with Gasteiger partial charge in [0.05, 0.1) is 0 Å². The van der Waals surface area contributed by atoms with E-state index >= 15 is 0 Å². The number of nitrogens with one attached hydrogen (secondary N) is 3. The highest BCUT2D eigenvalue weighted by atomic mass is 15.1. The van der Waals surface area contributed by atoms with E-state index in [1.807, 2.05) is 13.1 Å². The van der Waals surface area contributed by atoms with Crippen LogP contribution in [0.5, 0.6) is 0 Å². The standard InChI is InChI=1S/C19H27N5/c1-13(2)22-19-21-12-14(3)18(24-19)23-17-6-4-5-16(11-17)15-7-9-20-10-8-15/h4-6,11-13,15,20H,7-10H2,1-3H3,(H2,21,22,23,24). The maximum atomic E-state index is 4.61. The van der Waals surface area contributed by atoms with E-state index in [2.05, 4.69) is 64.0 Å². The molecule has 0 radical (unpaired) electrons. The zero-order valence-electron chi connectivity index (χ0n) is 14.8. The molecule has 0 amide bonds. The molecule has 0 aliphatic carbocycles. The first-order chi connectivity index (χ1) is 11.6. The number of benzene rings is 1. The number of hydrogen-bond donors (Lipinski definition) is 3. The first-order valence-corrected chi connectivity index (χ1v) is 8.79. The smallest absolute Gasteiger partial charge is 0.224 e. The number of aryl methyl sites for hydroxylation is 1. The summed E-state index contributed by atoms with van der Waals surface area (Å²) in [4.78, 5) is 8.95. The molecule has 2 heterocycles. The van der Waals surface area contributed by atoms with Gasteiger partial charge >= 0.3 is 0 Å². The molecule has 0 bridgehead atoms. The van der Waals surface area contributed by atoms with Crippen LogP contribution in [0.2, 0.25) is 0 Å². The molecular formula is C19H27N5. The van der Waals surface area contributed by atoms with Crippen LogP contribution in [0.15, 0.2) is 30.5 Å². The van der Waals surface area contributed by atoms with Gasteiger partial charge in [0.1, 0.15) is 5.82 Å². The van der Waals surface area contributed by atoms with Crippen LogP contribution in [-0.2, 0) is 0 Å². The summed E-state index contributed by atoms with van der Waals surface area (Å²) in [6, 6.07) is 9.03. The van der Waals surface area contributed by atoms with E-state index in [-0.39, 0.29) is 0 Å². The summed E-state index contributed by atoms with van der Waals surface area (Å²) in [7, 11) is 0. The fourth-order valence-corrected chi connectivity index (χ4v) is 3.06. The molecule has 128 valence electrons. The summed E-state index contributed by atoms with van der Waals surface area (Å²) in [6.07, 6.45) is 4.27. The van der Waals surface area contributed by atoms with Gasteiger partial charge in [-0.1, -0.05) is 12.1 Å². The lowest BCUT2D eigenvalue weighted by Gasteiger charge is -2.23. The van der Waals surface area contributed by atoms with Crippen LogP contribution in [0.1, 0.15) is 43.7 Å². The van der Waals surface area contributed by atoms with Crippen molar-refractivity contribution in [1.29, 1.82) is 0 Å². The number of aromatic nitrogens is 2. The van der Waals surface area contributed by atoms with Crippen molar-refractivity contribution in [1.82, 2.24) is 15.3 Å². The molecule has 0 saturated carbocycles. The average molecular weight is 325 g/mol. The summed E-state index contributed by atoms with van der Waals surface area (Å²) < 4.78 is 0. The summed E-state index contributed by atoms with van der Waals surface area (Å²) in [6.45, 7) is 8.41. The van der Waals surface area contributed by atoms with Crippen LogP contribution in [0.3, 0.4) is 0 Å². The topological polar surface area (TPSA) is 61.9 Å². The second-order valence-corrected chi connectivity index (χ2v) is 6.80. The Morgan fingerprint density at radius 1 is 1.21 bits per heavy atom. The molecule has 1 aliphatic rings. The number of piperidine rings is 1. The molecule has 5 nitrogen and oxygen atoms in total. The van der Waals surface area contributed by atoms with Gasteiger partial charge in [-0.3, -0.25) is 0 Å². The van der Waals surface area contributed by atoms with Crippen molar-refractivity contribution in [2.24, 2.45) is 0 Å². The number of hydrogen-bond acceptors (Lipinski definition) is 5. The predicted molar refractivity (Wildman–Crippen MR) is 100 cm³/mol. The van der Waals surface area contributed by atoms with Crippen molar-refractivity contribution in [2.45, 2.75) is 45.6 Å². The van der Waals surface area contributed by atoms with Crippen molar-refractivity contribution >= 4 is 17.5 Å². The normalized spacial score (nSPS) is 15.5. The van der Waals surface area contributed by atoms with E-state index in [4.69, 9.17) is 0 Å². The Balaban J connectivity index is 1.78. The molecule has 0 atom stereocenters. The van der Waals surface area contributed by atoms with E-state index in [0.29, 0.717) is 17.9 Å². The molecule has 1 saturated heterocycles. The summed E-state index contributed by atoms with van der Waals surface area (Å²) >= 11 is 0. The minimum Gasteiger partial charge on any atom is -0.352 e. The van der Waals surface area contributed by atoms with Gasteiger partial charge in [-0.25, -0.2) is 4.98 Å². The number of anilines is 3.